The van der Waals surface area contributed by atoms with Gasteiger partial charge in [0.1, 0.15) is 0 Å². The van der Waals surface area contributed by atoms with E-state index in [1.807, 2.05) is 6.92 Å². The molecule has 0 spiro atoms. The van der Waals surface area contributed by atoms with Crippen molar-refractivity contribution in [1.29, 1.82) is 0 Å². The van der Waals surface area contributed by atoms with E-state index in [1.54, 1.807) is 24.3 Å². The third-order valence-corrected chi connectivity index (χ3v) is 6.82. The zero-order chi connectivity index (χ0) is 17.9. The molecule has 1 aromatic rings. The summed E-state index contributed by atoms with van der Waals surface area (Å²) in [5, 5.41) is 2.93. The predicted octanol–water partition coefficient (Wildman–Crippen LogP) is 1.69. The quantitative estimate of drug-likeness (QED) is 0.860. The molecule has 1 N–H and O–H groups in total. The lowest BCUT2D eigenvalue weighted by Crippen LogP contribution is -2.46. The number of amides is 1. The molecule has 0 aliphatic carbocycles. The van der Waals surface area contributed by atoms with Crippen LogP contribution in [0.15, 0.2) is 29.2 Å². The largest absolute Gasteiger partial charge is 0.376 e. The van der Waals surface area contributed by atoms with Crippen molar-refractivity contribution in [2.45, 2.75) is 43.6 Å². The molecule has 2 heterocycles. The van der Waals surface area contributed by atoms with E-state index in [9.17, 15) is 13.2 Å². The third-order valence-electron chi connectivity index (χ3n) is 4.94. The second kappa shape index (κ2) is 7.85. The number of hydrogen-bond donors (Lipinski definition) is 1. The Kier molecular flexibility index (Phi) is 5.76. The first-order valence-electron chi connectivity index (χ1n) is 8.93. The second-order valence-corrected chi connectivity index (χ2v) is 8.83. The number of ether oxygens (including phenoxy) is 1. The molecule has 1 amide bonds. The van der Waals surface area contributed by atoms with Gasteiger partial charge >= 0.3 is 0 Å². The van der Waals surface area contributed by atoms with Gasteiger partial charge in [-0.1, -0.05) is 17.7 Å². The summed E-state index contributed by atoms with van der Waals surface area (Å²) in [6, 6.07) is 6.85. The molecule has 0 saturated carbocycles. The van der Waals surface area contributed by atoms with Crippen molar-refractivity contribution in [3.05, 3.63) is 29.8 Å². The van der Waals surface area contributed by atoms with E-state index in [1.165, 1.54) is 4.31 Å². The SMILES string of the molecule is Cc1ccc(S(=O)(=O)N2CCC[C@H](C(=O)NC[C@@H]3CCCO3)C2)cc1. The molecular formula is C18H26N2O4S. The van der Waals surface area contributed by atoms with Crippen LogP contribution < -0.4 is 5.32 Å². The van der Waals surface area contributed by atoms with Crippen LogP contribution in [0.4, 0.5) is 0 Å². The lowest BCUT2D eigenvalue weighted by molar-refractivity contribution is -0.126. The summed E-state index contributed by atoms with van der Waals surface area (Å²) >= 11 is 0. The Balaban J connectivity index is 1.61. The van der Waals surface area contributed by atoms with E-state index in [2.05, 4.69) is 5.32 Å². The van der Waals surface area contributed by atoms with Gasteiger partial charge in [0, 0.05) is 26.2 Å². The summed E-state index contributed by atoms with van der Waals surface area (Å²) in [6.45, 7) is 3.90. The van der Waals surface area contributed by atoms with Gasteiger partial charge in [-0.3, -0.25) is 4.79 Å². The molecule has 7 heteroatoms. The molecular weight excluding hydrogens is 340 g/mol. The minimum Gasteiger partial charge on any atom is -0.376 e. The van der Waals surface area contributed by atoms with Gasteiger partial charge in [-0.25, -0.2) is 8.42 Å². The van der Waals surface area contributed by atoms with Crippen molar-refractivity contribution in [3.8, 4) is 0 Å². The number of carbonyl (C=O) groups is 1. The fourth-order valence-electron chi connectivity index (χ4n) is 3.40. The summed E-state index contributed by atoms with van der Waals surface area (Å²) in [6.07, 6.45) is 3.52. The fraction of sp³-hybridized carbons (Fsp3) is 0.611. The number of rotatable bonds is 5. The Morgan fingerprint density at radius 3 is 2.68 bits per heavy atom. The highest BCUT2D eigenvalue weighted by molar-refractivity contribution is 7.89. The lowest BCUT2D eigenvalue weighted by Gasteiger charge is -2.31. The van der Waals surface area contributed by atoms with Gasteiger partial charge < -0.3 is 10.1 Å². The topological polar surface area (TPSA) is 75.7 Å². The van der Waals surface area contributed by atoms with Crippen LogP contribution in [-0.4, -0.2) is 51.0 Å². The molecule has 0 radical (unpaired) electrons. The Labute approximate surface area is 149 Å². The number of hydrogen-bond acceptors (Lipinski definition) is 4. The van der Waals surface area contributed by atoms with E-state index in [4.69, 9.17) is 4.74 Å². The molecule has 0 bridgehead atoms. The highest BCUT2D eigenvalue weighted by Crippen LogP contribution is 2.24. The number of carbonyl (C=O) groups excluding carboxylic acids is 1. The van der Waals surface area contributed by atoms with Crippen molar-refractivity contribution in [2.24, 2.45) is 5.92 Å². The van der Waals surface area contributed by atoms with Gasteiger partial charge in [0.15, 0.2) is 0 Å². The van der Waals surface area contributed by atoms with Crippen LogP contribution in [0.3, 0.4) is 0 Å². The van der Waals surface area contributed by atoms with Gasteiger partial charge in [-0.15, -0.1) is 0 Å². The zero-order valence-electron chi connectivity index (χ0n) is 14.6. The van der Waals surface area contributed by atoms with Crippen molar-refractivity contribution in [2.75, 3.05) is 26.2 Å². The molecule has 2 aliphatic rings. The molecule has 1 aromatic carbocycles. The normalized spacial score (nSPS) is 25.0. The maximum Gasteiger partial charge on any atom is 0.243 e. The van der Waals surface area contributed by atoms with Crippen LogP contribution in [0.25, 0.3) is 0 Å². The number of sulfonamides is 1. The van der Waals surface area contributed by atoms with Gasteiger partial charge in [-0.2, -0.15) is 4.31 Å². The summed E-state index contributed by atoms with van der Waals surface area (Å²) in [7, 11) is -3.55. The first-order chi connectivity index (χ1) is 12.0. The van der Waals surface area contributed by atoms with Crippen molar-refractivity contribution < 1.29 is 17.9 Å². The zero-order valence-corrected chi connectivity index (χ0v) is 15.4. The number of aryl methyl sites for hydroxylation is 1. The van der Waals surface area contributed by atoms with E-state index in [0.717, 1.165) is 31.4 Å². The first kappa shape index (κ1) is 18.4. The van der Waals surface area contributed by atoms with Gasteiger partial charge in [0.05, 0.1) is 16.9 Å². The Hall–Kier alpha value is -1.44. The van der Waals surface area contributed by atoms with E-state index in [-0.39, 0.29) is 24.5 Å². The maximum atomic E-state index is 12.8. The van der Waals surface area contributed by atoms with Crippen molar-refractivity contribution in [1.82, 2.24) is 9.62 Å². The molecule has 2 saturated heterocycles. The monoisotopic (exact) mass is 366 g/mol. The predicted molar refractivity (Wildman–Crippen MR) is 94.6 cm³/mol. The Morgan fingerprint density at radius 1 is 1.24 bits per heavy atom. The standard InChI is InChI=1S/C18H26N2O4S/c1-14-6-8-17(9-7-14)25(22,23)20-10-2-4-15(13-20)18(21)19-12-16-5-3-11-24-16/h6-9,15-16H,2-5,10-13H2,1H3,(H,19,21)/t15-,16-/m0/s1. The number of piperidine rings is 1. The second-order valence-electron chi connectivity index (χ2n) is 6.90. The van der Waals surface area contributed by atoms with Crippen LogP contribution in [0, 0.1) is 12.8 Å². The maximum absolute atomic E-state index is 12.8. The average Bonchev–Trinajstić information content (AvgIpc) is 3.14. The van der Waals surface area contributed by atoms with Crippen LogP contribution in [0.5, 0.6) is 0 Å². The van der Waals surface area contributed by atoms with Crippen LogP contribution >= 0.6 is 0 Å². The van der Waals surface area contributed by atoms with Crippen LogP contribution in [-0.2, 0) is 19.6 Å². The van der Waals surface area contributed by atoms with Crippen LogP contribution in [0.1, 0.15) is 31.2 Å². The molecule has 6 nitrogen and oxygen atoms in total. The Bertz CT molecular complexity index is 696. The van der Waals surface area contributed by atoms with E-state index >= 15 is 0 Å². The summed E-state index contributed by atoms with van der Waals surface area (Å²) in [5.74, 6) is -0.366. The minimum atomic E-state index is -3.55. The minimum absolute atomic E-state index is 0.0701. The number of nitrogens with one attached hydrogen (secondary N) is 1. The molecule has 138 valence electrons. The van der Waals surface area contributed by atoms with Crippen molar-refractivity contribution in [3.63, 3.8) is 0 Å². The number of benzene rings is 1. The van der Waals surface area contributed by atoms with Crippen LogP contribution in [0.2, 0.25) is 0 Å². The highest BCUT2D eigenvalue weighted by atomic mass is 32.2. The molecule has 3 rings (SSSR count). The third kappa shape index (κ3) is 4.40. The molecule has 25 heavy (non-hydrogen) atoms. The highest BCUT2D eigenvalue weighted by Gasteiger charge is 2.33. The van der Waals surface area contributed by atoms with Gasteiger partial charge in [0.25, 0.3) is 0 Å². The van der Waals surface area contributed by atoms with Gasteiger partial charge in [0.2, 0.25) is 15.9 Å². The molecule has 0 aromatic heterocycles. The molecule has 2 fully saturated rings. The first-order valence-corrected chi connectivity index (χ1v) is 10.4. The lowest BCUT2D eigenvalue weighted by atomic mass is 9.99. The Morgan fingerprint density at radius 2 is 2.00 bits per heavy atom. The summed E-state index contributed by atoms with van der Waals surface area (Å²) in [5.41, 5.74) is 1.02. The summed E-state index contributed by atoms with van der Waals surface area (Å²) in [4.78, 5) is 12.7. The average molecular weight is 366 g/mol. The molecule has 2 atom stereocenters. The molecule has 2 aliphatic heterocycles. The summed E-state index contributed by atoms with van der Waals surface area (Å²) < 4.78 is 32.6. The van der Waals surface area contributed by atoms with E-state index < -0.39 is 10.0 Å². The van der Waals surface area contributed by atoms with E-state index in [0.29, 0.717) is 24.4 Å². The van der Waals surface area contributed by atoms with Gasteiger partial charge in [-0.05, 0) is 44.7 Å². The fourth-order valence-corrected chi connectivity index (χ4v) is 4.92. The van der Waals surface area contributed by atoms with Crippen molar-refractivity contribution >= 4 is 15.9 Å². The number of nitrogens with zero attached hydrogens (tertiary/aromatic N) is 1. The molecule has 0 unspecified atom stereocenters. The smallest absolute Gasteiger partial charge is 0.243 e.